The van der Waals surface area contributed by atoms with Crippen LogP contribution in [0.4, 0.5) is 5.69 Å². The Morgan fingerprint density at radius 2 is 1.03 bits per heavy atom. The zero-order chi connectivity index (χ0) is 24.7. The summed E-state index contributed by atoms with van der Waals surface area (Å²) in [6.45, 7) is -1.41. The highest BCUT2D eigenvalue weighted by atomic mass is 31.2. The number of rotatable bonds is 8. The third kappa shape index (κ3) is 4.89. The Morgan fingerprint density at radius 1 is 0.657 bits per heavy atom. The van der Waals surface area contributed by atoms with Gasteiger partial charge in [-0.2, -0.15) is 5.48 Å². The van der Waals surface area contributed by atoms with Gasteiger partial charge in [-0.25, -0.2) is 0 Å². The summed E-state index contributed by atoms with van der Waals surface area (Å²) in [4.78, 5) is 27.1. The first-order valence-corrected chi connectivity index (χ1v) is 13.1. The first-order chi connectivity index (χ1) is 17.1. The molecule has 0 saturated heterocycles. The maximum Gasteiger partial charge on any atom is 0.248 e. The molecule has 0 spiro atoms. The summed E-state index contributed by atoms with van der Waals surface area (Å²) >= 11 is 0. The first kappa shape index (κ1) is 24.4. The quantitative estimate of drug-likeness (QED) is 0.264. The molecule has 0 bridgehead atoms. The highest BCUT2D eigenvalue weighted by molar-refractivity contribution is 7.96. The normalized spacial score (nSPS) is 11.9. The molecular weight excluding hydrogens is 455 g/mol. The van der Waals surface area contributed by atoms with Crippen molar-refractivity contribution in [1.29, 1.82) is 0 Å². The largest absolute Gasteiger partial charge is 0.324 e. The van der Waals surface area contributed by atoms with Crippen LogP contribution >= 0.6 is 6.89 Å². The van der Waals surface area contributed by atoms with Crippen molar-refractivity contribution in [3.05, 3.63) is 121 Å². The number of Topliss-reactive ketones (excluding diaryl/α,β-unsaturated/α-hetero) is 1. The molecule has 6 heteroatoms. The number of hydroxylamine groups is 1. The summed E-state index contributed by atoms with van der Waals surface area (Å²) < 4.78 is 0. The van der Waals surface area contributed by atoms with Crippen LogP contribution in [0.3, 0.4) is 0 Å². The van der Waals surface area contributed by atoms with E-state index >= 15 is 0 Å². The summed E-state index contributed by atoms with van der Waals surface area (Å²) in [5.74, 6) is -0.791. The molecule has 4 aromatic rings. The number of anilines is 1. The predicted molar refractivity (Wildman–Crippen MR) is 145 cm³/mol. The van der Waals surface area contributed by atoms with Crippen LogP contribution in [0.5, 0.6) is 0 Å². The Bertz CT molecular complexity index is 1240. The lowest BCUT2D eigenvalue weighted by Crippen LogP contribution is -2.50. The van der Waals surface area contributed by atoms with Gasteiger partial charge in [0.25, 0.3) is 0 Å². The van der Waals surface area contributed by atoms with Gasteiger partial charge < -0.3 is 10.5 Å². The molecule has 176 valence electrons. The van der Waals surface area contributed by atoms with Crippen LogP contribution in [-0.4, -0.2) is 28.2 Å². The molecule has 1 unspecified atom stereocenters. The SMILES string of the molecule is CC(=O)C(C(NO)C(=O)Nc1ccccc1)=P(c1ccccc1)(c1ccccc1)c1ccccc1. The molecule has 0 aliphatic rings. The predicted octanol–water partition coefficient (Wildman–Crippen LogP) is 3.73. The fourth-order valence-corrected chi connectivity index (χ4v) is 9.05. The average Bonchev–Trinajstić information content (AvgIpc) is 2.91. The molecule has 4 rings (SSSR count). The second-order valence-corrected chi connectivity index (χ2v) is 11.4. The van der Waals surface area contributed by atoms with Gasteiger partial charge in [0.15, 0.2) is 5.78 Å². The molecule has 0 heterocycles. The van der Waals surface area contributed by atoms with E-state index < -0.39 is 18.8 Å². The van der Waals surface area contributed by atoms with E-state index in [0.717, 1.165) is 15.9 Å². The number of carbonyl (C=O) groups excluding carboxylic acids is 2. The Balaban J connectivity index is 2.11. The molecule has 5 nitrogen and oxygen atoms in total. The van der Waals surface area contributed by atoms with E-state index in [4.69, 9.17) is 0 Å². The minimum absolute atomic E-state index is 0.273. The number of benzene rings is 4. The maximum absolute atomic E-state index is 13.5. The molecule has 0 aliphatic heterocycles. The summed E-state index contributed by atoms with van der Waals surface area (Å²) in [5.41, 5.74) is 2.75. The molecule has 35 heavy (non-hydrogen) atoms. The van der Waals surface area contributed by atoms with Crippen molar-refractivity contribution in [2.75, 3.05) is 5.32 Å². The number of ketones is 1. The molecule has 4 aromatic carbocycles. The van der Waals surface area contributed by atoms with Crippen molar-refractivity contribution < 1.29 is 14.8 Å². The van der Waals surface area contributed by atoms with Crippen molar-refractivity contribution in [2.45, 2.75) is 13.0 Å². The van der Waals surface area contributed by atoms with Crippen molar-refractivity contribution in [3.63, 3.8) is 0 Å². The molecule has 3 N–H and O–H groups in total. The van der Waals surface area contributed by atoms with Crippen molar-refractivity contribution >= 4 is 45.5 Å². The van der Waals surface area contributed by atoms with Gasteiger partial charge in [-0.1, -0.05) is 109 Å². The molecular formula is C29H27N2O3P. The fourth-order valence-electron chi connectivity index (χ4n) is 4.43. The summed E-state index contributed by atoms with van der Waals surface area (Å²) in [6, 6.07) is 37.0. The van der Waals surface area contributed by atoms with E-state index in [1.54, 1.807) is 12.1 Å². The number of amides is 1. The highest BCUT2D eigenvalue weighted by Gasteiger charge is 2.38. The number of nitrogens with one attached hydrogen (secondary N) is 2. The minimum Gasteiger partial charge on any atom is -0.324 e. The monoisotopic (exact) mass is 482 g/mol. The smallest absolute Gasteiger partial charge is 0.248 e. The molecule has 1 amide bonds. The van der Waals surface area contributed by atoms with Crippen LogP contribution in [-0.2, 0) is 9.59 Å². The van der Waals surface area contributed by atoms with Crippen LogP contribution in [0.2, 0.25) is 0 Å². The van der Waals surface area contributed by atoms with Gasteiger partial charge in [0.05, 0.1) is 0 Å². The van der Waals surface area contributed by atoms with Gasteiger partial charge >= 0.3 is 0 Å². The lowest BCUT2D eigenvalue weighted by Gasteiger charge is -2.34. The van der Waals surface area contributed by atoms with E-state index in [1.165, 1.54) is 6.92 Å². The van der Waals surface area contributed by atoms with E-state index in [-0.39, 0.29) is 5.78 Å². The number of hydrogen-bond acceptors (Lipinski definition) is 4. The maximum atomic E-state index is 13.5. The third-order valence-electron chi connectivity index (χ3n) is 5.86. The Labute approximate surface area is 205 Å². The third-order valence-corrected chi connectivity index (χ3v) is 10.4. The van der Waals surface area contributed by atoms with Crippen LogP contribution in [0.15, 0.2) is 121 Å². The summed E-state index contributed by atoms with van der Waals surface area (Å²) in [5, 5.41) is 16.2. The van der Waals surface area contributed by atoms with Crippen LogP contribution in [0, 0.1) is 0 Å². The second-order valence-electron chi connectivity index (χ2n) is 8.04. The summed E-state index contributed by atoms with van der Waals surface area (Å²) in [6.07, 6.45) is 0. The van der Waals surface area contributed by atoms with E-state index in [0.29, 0.717) is 11.0 Å². The van der Waals surface area contributed by atoms with E-state index in [9.17, 15) is 14.8 Å². The van der Waals surface area contributed by atoms with Crippen LogP contribution in [0.25, 0.3) is 0 Å². The zero-order valence-electron chi connectivity index (χ0n) is 19.3. The van der Waals surface area contributed by atoms with Crippen molar-refractivity contribution in [2.24, 2.45) is 0 Å². The van der Waals surface area contributed by atoms with Crippen LogP contribution in [0.1, 0.15) is 6.92 Å². The zero-order valence-corrected chi connectivity index (χ0v) is 20.2. The molecule has 1 atom stereocenters. The average molecular weight is 483 g/mol. The Morgan fingerprint density at radius 3 is 1.37 bits per heavy atom. The van der Waals surface area contributed by atoms with Crippen LogP contribution < -0.4 is 26.7 Å². The van der Waals surface area contributed by atoms with Gasteiger partial charge in [-0.05, 0) is 41.9 Å². The van der Waals surface area contributed by atoms with Gasteiger partial charge in [0.1, 0.15) is 6.04 Å². The Kier molecular flexibility index (Phi) is 7.74. The van der Waals surface area contributed by atoms with Gasteiger partial charge in [0, 0.05) is 11.0 Å². The molecule has 0 fully saturated rings. The first-order valence-electron chi connectivity index (χ1n) is 11.3. The van der Waals surface area contributed by atoms with E-state index in [2.05, 4.69) is 10.8 Å². The van der Waals surface area contributed by atoms with Gasteiger partial charge in [0.2, 0.25) is 5.91 Å². The van der Waals surface area contributed by atoms with Gasteiger partial charge in [-0.3, -0.25) is 9.59 Å². The number of carbonyl (C=O) groups is 2. The Hall–Kier alpha value is -3.76. The number of hydrogen-bond donors (Lipinski definition) is 3. The van der Waals surface area contributed by atoms with Crippen molar-refractivity contribution in [1.82, 2.24) is 5.48 Å². The lowest BCUT2D eigenvalue weighted by molar-refractivity contribution is -0.119. The number of para-hydroxylation sites is 1. The van der Waals surface area contributed by atoms with Gasteiger partial charge in [-0.15, -0.1) is 0 Å². The molecule has 0 radical (unpaired) electrons. The second kappa shape index (κ2) is 11.1. The fraction of sp³-hybridized carbons (Fsp3) is 0.0690. The van der Waals surface area contributed by atoms with Crippen molar-refractivity contribution in [3.8, 4) is 0 Å². The summed E-state index contributed by atoms with van der Waals surface area (Å²) in [7, 11) is 0. The standard InChI is InChI=1S/C29H27N2O3P/c1-22(32)28(27(31-34)29(33)30-23-14-6-2-7-15-23)35(24-16-8-3-9-17-24,25-18-10-4-11-19-25)26-20-12-5-13-21-26/h2-21,27,31,34H,1H3,(H,30,33). The lowest BCUT2D eigenvalue weighted by atomic mass is 10.1. The molecule has 0 saturated carbocycles. The topological polar surface area (TPSA) is 78.4 Å². The van der Waals surface area contributed by atoms with E-state index in [1.807, 2.05) is 109 Å². The molecule has 0 aliphatic carbocycles. The molecule has 0 aromatic heterocycles. The minimum atomic E-state index is -2.87. The highest BCUT2D eigenvalue weighted by Crippen LogP contribution is 2.47.